The van der Waals surface area contributed by atoms with Gasteiger partial charge in [0.25, 0.3) is 0 Å². The first-order valence-electron chi connectivity index (χ1n) is 7.86. The monoisotopic (exact) mass is 399 g/mol. The number of thioether (sulfide) groups is 1. The number of aromatic amines is 1. The van der Waals surface area contributed by atoms with E-state index in [4.69, 9.17) is 5.26 Å². The first-order chi connectivity index (χ1) is 13.0. The highest BCUT2D eigenvalue weighted by atomic mass is 32.2. The number of hydrogen-bond donors (Lipinski definition) is 2. The third kappa shape index (κ3) is 5.03. The van der Waals surface area contributed by atoms with Crippen LogP contribution in [0, 0.1) is 17.1 Å². The number of carbonyl (C=O) groups excluding carboxylic acids is 1. The fourth-order valence-electron chi connectivity index (χ4n) is 2.05. The van der Waals surface area contributed by atoms with Crippen molar-refractivity contribution in [1.82, 2.24) is 15.2 Å². The molecule has 0 unspecified atom stereocenters. The highest BCUT2D eigenvalue weighted by Gasteiger charge is 2.18. The number of H-pyrrole nitrogens is 1. The molecule has 1 amide bonds. The molecule has 0 saturated heterocycles. The van der Waals surface area contributed by atoms with Crippen LogP contribution >= 0.6 is 23.1 Å². The van der Waals surface area contributed by atoms with E-state index in [2.05, 4.69) is 20.5 Å². The smallest absolute Gasteiger partial charge is 0.238 e. The zero-order chi connectivity index (χ0) is 19.2. The Morgan fingerprint density at radius 1 is 1.37 bits per heavy atom. The number of nitrogens with zero attached hydrogens (tertiary/aromatic N) is 3. The molecule has 0 bridgehead atoms. The fourth-order valence-corrected chi connectivity index (χ4v) is 3.53. The number of rotatable bonds is 6. The molecule has 1 atom stereocenters. The molecule has 0 aliphatic heterocycles. The van der Waals surface area contributed by atoms with E-state index in [1.165, 1.54) is 35.2 Å². The molecule has 0 spiro atoms. The number of thiophene rings is 1. The minimum Gasteiger partial charge on any atom is -0.316 e. The molecular weight excluding hydrogens is 385 g/mol. The molecule has 136 valence electrons. The van der Waals surface area contributed by atoms with Gasteiger partial charge in [0.1, 0.15) is 22.7 Å². The van der Waals surface area contributed by atoms with Gasteiger partial charge < -0.3 is 5.32 Å². The summed E-state index contributed by atoms with van der Waals surface area (Å²) in [6, 6.07) is 9.77. The Bertz CT molecular complexity index is 1000. The van der Waals surface area contributed by atoms with Crippen LogP contribution in [-0.4, -0.2) is 26.3 Å². The largest absolute Gasteiger partial charge is 0.316 e. The SMILES string of the molecule is C[C@H](Sc1n[nH]c(/C=C/c2ccc(F)cc2)n1)C(=O)Nc1sccc1C#N. The van der Waals surface area contributed by atoms with E-state index < -0.39 is 5.25 Å². The van der Waals surface area contributed by atoms with Crippen molar-refractivity contribution < 1.29 is 9.18 Å². The topological polar surface area (TPSA) is 94.5 Å². The first-order valence-corrected chi connectivity index (χ1v) is 9.62. The number of benzene rings is 1. The Balaban J connectivity index is 1.59. The van der Waals surface area contributed by atoms with Crippen LogP contribution in [0.1, 0.15) is 23.9 Å². The van der Waals surface area contributed by atoms with Gasteiger partial charge in [-0.05, 0) is 42.1 Å². The highest BCUT2D eigenvalue weighted by Crippen LogP contribution is 2.25. The van der Waals surface area contributed by atoms with E-state index in [1.807, 2.05) is 6.07 Å². The van der Waals surface area contributed by atoms with E-state index >= 15 is 0 Å². The van der Waals surface area contributed by atoms with Crippen LogP contribution in [0.4, 0.5) is 9.39 Å². The number of aromatic nitrogens is 3. The van der Waals surface area contributed by atoms with Gasteiger partial charge in [-0.3, -0.25) is 9.89 Å². The molecule has 0 aliphatic carbocycles. The lowest BCUT2D eigenvalue weighted by molar-refractivity contribution is -0.115. The Morgan fingerprint density at radius 3 is 2.89 bits per heavy atom. The maximum absolute atomic E-state index is 12.9. The van der Waals surface area contributed by atoms with Crippen molar-refractivity contribution in [3.8, 4) is 6.07 Å². The van der Waals surface area contributed by atoms with Gasteiger partial charge in [0.05, 0.1) is 10.8 Å². The third-order valence-electron chi connectivity index (χ3n) is 3.46. The second-order valence-electron chi connectivity index (χ2n) is 5.41. The van der Waals surface area contributed by atoms with Crippen molar-refractivity contribution in [2.45, 2.75) is 17.3 Å². The Morgan fingerprint density at radius 2 is 2.15 bits per heavy atom. The zero-order valence-electron chi connectivity index (χ0n) is 14.1. The normalized spacial score (nSPS) is 12.0. The number of nitrogens with one attached hydrogen (secondary N) is 2. The van der Waals surface area contributed by atoms with E-state index in [0.717, 1.165) is 5.56 Å². The van der Waals surface area contributed by atoms with Crippen LogP contribution in [0.5, 0.6) is 0 Å². The van der Waals surface area contributed by atoms with Crippen LogP contribution in [0.15, 0.2) is 40.9 Å². The summed E-state index contributed by atoms with van der Waals surface area (Å²) in [7, 11) is 0. The van der Waals surface area contributed by atoms with E-state index in [9.17, 15) is 9.18 Å². The van der Waals surface area contributed by atoms with E-state index in [1.54, 1.807) is 42.7 Å². The van der Waals surface area contributed by atoms with Crippen LogP contribution in [0.25, 0.3) is 12.2 Å². The highest BCUT2D eigenvalue weighted by molar-refractivity contribution is 8.00. The molecule has 9 heteroatoms. The average molecular weight is 399 g/mol. The lowest BCUT2D eigenvalue weighted by Crippen LogP contribution is -2.22. The van der Waals surface area contributed by atoms with Crippen LogP contribution in [-0.2, 0) is 4.79 Å². The third-order valence-corrected chi connectivity index (χ3v) is 5.25. The lowest BCUT2D eigenvalue weighted by Gasteiger charge is -2.08. The Labute approximate surface area is 163 Å². The number of amides is 1. The van der Waals surface area contributed by atoms with Crippen molar-refractivity contribution in [2.24, 2.45) is 0 Å². The summed E-state index contributed by atoms with van der Waals surface area (Å²) in [5.74, 6) is 0.00816. The zero-order valence-corrected chi connectivity index (χ0v) is 15.8. The quantitative estimate of drug-likeness (QED) is 0.607. The standard InChI is InChI=1S/C18H14FN5OS2/c1-11(16(25)22-17-13(10-20)8-9-26-17)27-18-21-15(23-24-18)7-4-12-2-5-14(19)6-3-12/h2-9,11H,1H3,(H,22,25)(H,21,23,24)/b7-4+/t11-/m0/s1. The maximum atomic E-state index is 12.9. The predicted octanol–water partition coefficient (Wildman–Crippen LogP) is 4.17. The average Bonchev–Trinajstić information content (AvgIpc) is 3.30. The molecule has 0 radical (unpaired) electrons. The van der Waals surface area contributed by atoms with Crippen molar-refractivity contribution in [3.63, 3.8) is 0 Å². The molecule has 3 rings (SSSR count). The molecule has 3 aromatic rings. The molecule has 0 aliphatic rings. The molecule has 2 aromatic heterocycles. The number of nitriles is 1. The summed E-state index contributed by atoms with van der Waals surface area (Å²) in [6.07, 6.45) is 3.50. The number of halogens is 1. The summed E-state index contributed by atoms with van der Waals surface area (Å²) >= 11 is 2.51. The van der Waals surface area contributed by atoms with Crippen LogP contribution in [0.2, 0.25) is 0 Å². The van der Waals surface area contributed by atoms with Gasteiger partial charge in [-0.2, -0.15) is 5.26 Å². The molecule has 0 fully saturated rings. The number of carbonyl (C=O) groups is 1. The van der Waals surface area contributed by atoms with Gasteiger partial charge in [-0.15, -0.1) is 16.4 Å². The Kier molecular flexibility index (Phi) is 6.01. The molecule has 0 saturated carbocycles. The van der Waals surface area contributed by atoms with E-state index in [0.29, 0.717) is 21.5 Å². The summed E-state index contributed by atoms with van der Waals surface area (Å²) in [5.41, 5.74) is 1.27. The van der Waals surface area contributed by atoms with Crippen molar-refractivity contribution in [2.75, 3.05) is 5.32 Å². The number of hydrogen-bond acceptors (Lipinski definition) is 6. The summed E-state index contributed by atoms with van der Waals surface area (Å²) in [4.78, 5) is 16.6. The van der Waals surface area contributed by atoms with Gasteiger partial charge in [0.15, 0.2) is 0 Å². The van der Waals surface area contributed by atoms with Crippen molar-refractivity contribution >= 4 is 46.2 Å². The summed E-state index contributed by atoms with van der Waals surface area (Å²) in [6.45, 7) is 1.74. The van der Waals surface area contributed by atoms with Gasteiger partial charge in [0, 0.05) is 0 Å². The van der Waals surface area contributed by atoms with Crippen LogP contribution in [0.3, 0.4) is 0 Å². The van der Waals surface area contributed by atoms with E-state index in [-0.39, 0.29) is 11.7 Å². The minimum atomic E-state index is -0.441. The molecular formula is C18H14FN5OS2. The second kappa shape index (κ2) is 8.62. The van der Waals surface area contributed by atoms with Gasteiger partial charge >= 0.3 is 0 Å². The molecule has 2 heterocycles. The van der Waals surface area contributed by atoms with Crippen LogP contribution < -0.4 is 5.32 Å². The first kappa shape index (κ1) is 18.8. The predicted molar refractivity (Wildman–Crippen MR) is 105 cm³/mol. The van der Waals surface area contributed by atoms with Gasteiger partial charge in [0.2, 0.25) is 11.1 Å². The van der Waals surface area contributed by atoms with Crippen molar-refractivity contribution in [1.29, 1.82) is 5.26 Å². The summed E-state index contributed by atoms with van der Waals surface area (Å²) in [5, 5.41) is 20.9. The lowest BCUT2D eigenvalue weighted by atomic mass is 10.2. The Hall–Kier alpha value is -2.96. The van der Waals surface area contributed by atoms with Gasteiger partial charge in [-0.1, -0.05) is 30.0 Å². The van der Waals surface area contributed by atoms with Gasteiger partial charge in [-0.25, -0.2) is 9.37 Å². The maximum Gasteiger partial charge on any atom is 0.238 e. The molecule has 27 heavy (non-hydrogen) atoms. The molecule has 1 aromatic carbocycles. The fraction of sp³-hybridized carbons (Fsp3) is 0.111. The second-order valence-corrected chi connectivity index (χ2v) is 7.64. The minimum absolute atomic E-state index is 0.229. The molecule has 2 N–H and O–H groups in total. The number of anilines is 1. The van der Waals surface area contributed by atoms with Crippen molar-refractivity contribution in [3.05, 3.63) is 58.5 Å². The summed E-state index contributed by atoms with van der Waals surface area (Å²) < 4.78 is 12.9. The molecule has 6 nitrogen and oxygen atoms in total.